The van der Waals surface area contributed by atoms with Crippen molar-refractivity contribution in [3.8, 4) is 5.75 Å². The van der Waals surface area contributed by atoms with Crippen LogP contribution in [-0.2, 0) is 9.59 Å². The number of hydrogen-bond acceptors (Lipinski definition) is 4. The number of amides is 2. The summed E-state index contributed by atoms with van der Waals surface area (Å²) in [4.78, 5) is 32.9. The van der Waals surface area contributed by atoms with E-state index in [2.05, 4.69) is 10.3 Å². The summed E-state index contributed by atoms with van der Waals surface area (Å²) < 4.78 is 5.64. The first-order valence-corrected chi connectivity index (χ1v) is 11.2. The lowest BCUT2D eigenvalue weighted by molar-refractivity contribution is -0.123. The quantitative estimate of drug-likeness (QED) is 0.578. The lowest BCUT2D eigenvalue weighted by Gasteiger charge is -2.30. The molecule has 0 radical (unpaired) electrons. The molecular weight excluding hydrogens is 414 g/mol. The third kappa shape index (κ3) is 4.65. The molecule has 1 unspecified atom stereocenters. The van der Waals surface area contributed by atoms with E-state index in [-0.39, 0.29) is 18.4 Å². The number of carbonyl (C=O) groups is 2. The Labute approximate surface area is 193 Å². The number of benzodiazepines with no additional fused rings is 1. The van der Waals surface area contributed by atoms with Crippen molar-refractivity contribution in [2.75, 3.05) is 23.4 Å². The van der Waals surface area contributed by atoms with Crippen LogP contribution >= 0.6 is 0 Å². The maximum atomic E-state index is 13.4. The van der Waals surface area contributed by atoms with Gasteiger partial charge in [0.05, 0.1) is 23.7 Å². The smallest absolute Gasteiger partial charge is 0.249 e. The van der Waals surface area contributed by atoms with Gasteiger partial charge in [-0.1, -0.05) is 67.6 Å². The third-order valence-corrected chi connectivity index (χ3v) is 5.55. The van der Waals surface area contributed by atoms with Gasteiger partial charge in [0.25, 0.3) is 0 Å². The molecule has 0 fully saturated rings. The zero-order valence-corrected chi connectivity index (χ0v) is 18.8. The molecule has 33 heavy (non-hydrogen) atoms. The molecule has 0 bridgehead atoms. The minimum Gasteiger partial charge on any atom is -0.492 e. The van der Waals surface area contributed by atoms with Crippen molar-refractivity contribution in [3.63, 3.8) is 0 Å². The van der Waals surface area contributed by atoms with Crippen LogP contribution in [0.25, 0.3) is 0 Å². The molecule has 0 spiro atoms. The summed E-state index contributed by atoms with van der Waals surface area (Å²) in [5.74, 6) is 0.116. The van der Waals surface area contributed by atoms with Gasteiger partial charge in [-0.25, -0.2) is 0 Å². The molecule has 0 saturated heterocycles. The summed E-state index contributed by atoms with van der Waals surface area (Å²) in [6.45, 7) is 4.25. The Hall–Kier alpha value is -3.93. The van der Waals surface area contributed by atoms with Crippen molar-refractivity contribution in [1.29, 1.82) is 0 Å². The number of nitrogens with zero attached hydrogens (tertiary/aromatic N) is 2. The molecule has 3 aromatic carbocycles. The predicted octanol–water partition coefficient (Wildman–Crippen LogP) is 4.69. The maximum Gasteiger partial charge on any atom is 0.249 e. The minimum absolute atomic E-state index is 0.0295. The normalized spacial score (nSPS) is 14.1. The summed E-state index contributed by atoms with van der Waals surface area (Å²) >= 11 is 0. The van der Waals surface area contributed by atoms with Crippen LogP contribution in [0.15, 0.2) is 83.9 Å². The summed E-state index contributed by atoms with van der Waals surface area (Å²) in [5, 5.41) is 2.96. The highest BCUT2D eigenvalue weighted by Crippen LogP contribution is 2.30. The molecular formula is C27H27N3O3. The first kappa shape index (κ1) is 22.3. The number of carbonyl (C=O) groups excluding carboxylic acids is 2. The van der Waals surface area contributed by atoms with Gasteiger partial charge in [-0.15, -0.1) is 0 Å². The zero-order chi connectivity index (χ0) is 23.2. The van der Waals surface area contributed by atoms with Gasteiger partial charge in [-0.3, -0.25) is 19.5 Å². The number of aliphatic imine (C=N–C) groups is 1. The second-order valence-corrected chi connectivity index (χ2v) is 7.65. The summed E-state index contributed by atoms with van der Waals surface area (Å²) in [6, 6.07) is 24.0. The maximum absolute atomic E-state index is 13.4. The second kappa shape index (κ2) is 10.1. The van der Waals surface area contributed by atoms with Crippen LogP contribution in [0.4, 0.5) is 11.4 Å². The average Bonchev–Trinajstić information content (AvgIpc) is 2.98. The van der Waals surface area contributed by atoms with Gasteiger partial charge in [-0.2, -0.15) is 0 Å². The molecule has 1 atom stereocenters. The molecule has 0 aliphatic carbocycles. The molecule has 1 N–H and O–H groups in total. The predicted molar refractivity (Wildman–Crippen MR) is 131 cm³/mol. The highest BCUT2D eigenvalue weighted by atomic mass is 16.5. The van der Waals surface area contributed by atoms with Crippen LogP contribution in [0.5, 0.6) is 5.75 Å². The van der Waals surface area contributed by atoms with Gasteiger partial charge in [0, 0.05) is 11.1 Å². The number of hydrogen-bond donors (Lipinski definition) is 1. The fourth-order valence-electron chi connectivity index (χ4n) is 4.06. The van der Waals surface area contributed by atoms with Gasteiger partial charge in [0.15, 0.2) is 0 Å². The molecule has 4 rings (SSSR count). The van der Waals surface area contributed by atoms with E-state index in [9.17, 15) is 9.59 Å². The van der Waals surface area contributed by atoms with Crippen molar-refractivity contribution in [1.82, 2.24) is 0 Å². The highest BCUT2D eigenvalue weighted by molar-refractivity contribution is 6.20. The first-order valence-electron chi connectivity index (χ1n) is 11.2. The Morgan fingerprint density at radius 1 is 1.00 bits per heavy atom. The Balaban J connectivity index is 1.70. The van der Waals surface area contributed by atoms with Crippen molar-refractivity contribution in [2.24, 2.45) is 4.99 Å². The van der Waals surface area contributed by atoms with E-state index in [1.54, 1.807) is 11.0 Å². The van der Waals surface area contributed by atoms with E-state index in [1.165, 1.54) is 0 Å². The van der Waals surface area contributed by atoms with Crippen LogP contribution < -0.4 is 15.0 Å². The topological polar surface area (TPSA) is 71.0 Å². The lowest BCUT2D eigenvalue weighted by Crippen LogP contribution is -2.48. The number of ether oxygens (including phenoxy) is 1. The van der Waals surface area contributed by atoms with Gasteiger partial charge in [0.1, 0.15) is 18.3 Å². The fraction of sp³-hybridized carbons (Fsp3) is 0.222. The number of para-hydroxylation sites is 3. The van der Waals surface area contributed by atoms with Crippen molar-refractivity contribution in [2.45, 2.75) is 26.3 Å². The SMILES string of the molecule is CCOc1ccccc1NC(=O)C(CC)N1C(=O)CN=C(c2ccccc2)c2ccccc21. The van der Waals surface area contributed by atoms with Gasteiger partial charge in [0.2, 0.25) is 11.8 Å². The van der Waals surface area contributed by atoms with Crippen LogP contribution in [0.1, 0.15) is 31.4 Å². The molecule has 0 saturated carbocycles. The number of anilines is 2. The molecule has 1 heterocycles. The van der Waals surface area contributed by atoms with Crippen molar-refractivity contribution < 1.29 is 14.3 Å². The Bertz CT molecular complexity index is 1170. The van der Waals surface area contributed by atoms with Crippen LogP contribution in [0.3, 0.4) is 0 Å². The molecule has 2 amide bonds. The van der Waals surface area contributed by atoms with Crippen LogP contribution in [0.2, 0.25) is 0 Å². The van der Waals surface area contributed by atoms with E-state index >= 15 is 0 Å². The molecule has 1 aliphatic rings. The molecule has 3 aromatic rings. The second-order valence-electron chi connectivity index (χ2n) is 7.65. The number of nitrogens with one attached hydrogen (secondary N) is 1. The van der Waals surface area contributed by atoms with E-state index in [0.717, 1.165) is 16.8 Å². The Kier molecular flexibility index (Phi) is 6.83. The van der Waals surface area contributed by atoms with Crippen LogP contribution in [0, 0.1) is 0 Å². The summed E-state index contributed by atoms with van der Waals surface area (Å²) in [5.41, 5.74) is 3.78. The van der Waals surface area contributed by atoms with Gasteiger partial charge in [-0.05, 0) is 31.5 Å². The number of benzene rings is 3. The largest absolute Gasteiger partial charge is 0.492 e. The fourth-order valence-corrected chi connectivity index (χ4v) is 4.06. The highest BCUT2D eigenvalue weighted by Gasteiger charge is 2.34. The van der Waals surface area contributed by atoms with E-state index in [0.29, 0.717) is 30.2 Å². The summed E-state index contributed by atoms with van der Waals surface area (Å²) in [6.07, 6.45) is 0.448. The number of rotatable bonds is 7. The monoisotopic (exact) mass is 441 g/mol. The zero-order valence-electron chi connectivity index (χ0n) is 18.8. The van der Waals surface area contributed by atoms with Gasteiger partial charge < -0.3 is 10.1 Å². The van der Waals surface area contributed by atoms with Crippen molar-refractivity contribution >= 4 is 28.9 Å². The van der Waals surface area contributed by atoms with Gasteiger partial charge >= 0.3 is 0 Å². The molecule has 0 aromatic heterocycles. The molecule has 1 aliphatic heterocycles. The van der Waals surface area contributed by atoms with E-state index in [4.69, 9.17) is 4.74 Å². The van der Waals surface area contributed by atoms with Crippen LogP contribution in [-0.4, -0.2) is 36.7 Å². The van der Waals surface area contributed by atoms with E-state index < -0.39 is 6.04 Å². The van der Waals surface area contributed by atoms with Crippen molar-refractivity contribution in [3.05, 3.63) is 90.0 Å². The standard InChI is InChI=1S/C27H27N3O3/c1-3-22(27(32)29-21-15-9-11-17-24(21)33-4-2)30-23-16-10-8-14-20(23)26(28-18-25(30)31)19-12-6-5-7-13-19/h5-17,22H,3-4,18H2,1-2H3,(H,29,32). The molecule has 6 nitrogen and oxygen atoms in total. The average molecular weight is 442 g/mol. The third-order valence-electron chi connectivity index (χ3n) is 5.55. The summed E-state index contributed by atoms with van der Waals surface area (Å²) in [7, 11) is 0. The Morgan fingerprint density at radius 3 is 2.45 bits per heavy atom. The molecule has 168 valence electrons. The molecule has 6 heteroatoms. The first-order chi connectivity index (χ1) is 16.1. The van der Waals surface area contributed by atoms with E-state index in [1.807, 2.05) is 86.6 Å². The Morgan fingerprint density at radius 2 is 1.70 bits per heavy atom. The number of fused-ring (bicyclic) bond motifs is 1. The lowest BCUT2D eigenvalue weighted by atomic mass is 9.99. The minimum atomic E-state index is -0.696.